The largest absolute Gasteiger partial charge is 0.384 e. The lowest BCUT2D eigenvalue weighted by Crippen LogP contribution is -2.39. The number of hydrogen-bond donors (Lipinski definition) is 2. The van der Waals surface area contributed by atoms with Crippen molar-refractivity contribution in [2.45, 2.75) is 19.4 Å². The van der Waals surface area contributed by atoms with Gasteiger partial charge in [0, 0.05) is 6.20 Å². The highest BCUT2D eigenvalue weighted by molar-refractivity contribution is 5.94. The molecule has 0 saturated carbocycles. The molecule has 0 aliphatic carbocycles. The molecule has 146 valence electrons. The van der Waals surface area contributed by atoms with Gasteiger partial charge in [0.15, 0.2) is 0 Å². The maximum absolute atomic E-state index is 12.8. The first-order valence-electron chi connectivity index (χ1n) is 9.56. The highest BCUT2D eigenvalue weighted by atomic mass is 16.3. The van der Waals surface area contributed by atoms with E-state index < -0.39 is 5.60 Å². The van der Waals surface area contributed by atoms with Crippen LogP contribution in [0.2, 0.25) is 0 Å². The number of nitrogens with zero attached hydrogens (tertiary/aromatic N) is 2. The Hall–Kier alpha value is -3.44. The highest BCUT2D eigenvalue weighted by Gasteiger charge is 2.25. The van der Waals surface area contributed by atoms with Crippen molar-refractivity contribution < 1.29 is 9.90 Å². The topological polar surface area (TPSA) is 66.6 Å². The summed E-state index contributed by atoms with van der Waals surface area (Å²) in [4.78, 5) is 17.2. The van der Waals surface area contributed by atoms with Crippen LogP contribution in [0.3, 0.4) is 0 Å². The normalized spacial score (nSPS) is 13.2. The predicted molar refractivity (Wildman–Crippen MR) is 114 cm³/mol. The number of aryl methyl sites for hydroxylation is 1. The molecule has 1 atom stereocenters. The van der Waals surface area contributed by atoms with E-state index in [1.165, 1.54) is 0 Å². The van der Waals surface area contributed by atoms with Crippen LogP contribution in [0.4, 0.5) is 0 Å². The van der Waals surface area contributed by atoms with E-state index in [2.05, 4.69) is 10.3 Å². The zero-order chi connectivity index (χ0) is 20.4. The SMILES string of the molecule is Cc1nc2ccccn2c1C(=O)NCC(C)(O)c1ccc(-c2ccccc2)cc1. The summed E-state index contributed by atoms with van der Waals surface area (Å²) in [6.45, 7) is 3.60. The fourth-order valence-corrected chi connectivity index (χ4v) is 3.48. The molecule has 0 aliphatic heterocycles. The maximum atomic E-state index is 12.8. The molecule has 2 N–H and O–H groups in total. The fraction of sp³-hybridized carbons (Fsp3) is 0.167. The minimum absolute atomic E-state index is 0.0933. The molecular formula is C24H23N3O2. The van der Waals surface area contributed by atoms with Crippen molar-refractivity contribution in [3.8, 4) is 11.1 Å². The Morgan fingerprint density at radius 2 is 1.66 bits per heavy atom. The van der Waals surface area contributed by atoms with E-state index >= 15 is 0 Å². The van der Waals surface area contributed by atoms with Gasteiger partial charge < -0.3 is 10.4 Å². The lowest BCUT2D eigenvalue weighted by Gasteiger charge is -2.24. The Kier molecular flexibility index (Phi) is 4.91. The second kappa shape index (κ2) is 7.53. The lowest BCUT2D eigenvalue weighted by atomic mass is 9.93. The number of amides is 1. The van der Waals surface area contributed by atoms with Crippen LogP contribution in [0.1, 0.15) is 28.7 Å². The number of pyridine rings is 1. The number of aromatic nitrogens is 2. The van der Waals surface area contributed by atoms with E-state index in [9.17, 15) is 9.90 Å². The molecule has 0 spiro atoms. The standard InChI is InChI=1S/C24H23N3O2/c1-17-22(27-15-7-6-10-21(27)26-17)23(28)25-16-24(2,29)20-13-11-19(12-14-20)18-8-4-3-5-9-18/h3-15,29H,16H2,1-2H3,(H,25,28). The zero-order valence-electron chi connectivity index (χ0n) is 16.5. The molecule has 29 heavy (non-hydrogen) atoms. The number of carbonyl (C=O) groups is 1. The number of aliphatic hydroxyl groups is 1. The summed E-state index contributed by atoms with van der Waals surface area (Å²) >= 11 is 0. The van der Waals surface area contributed by atoms with E-state index in [4.69, 9.17) is 0 Å². The van der Waals surface area contributed by atoms with Crippen molar-refractivity contribution in [2.24, 2.45) is 0 Å². The first-order chi connectivity index (χ1) is 14.0. The number of carbonyl (C=O) groups excluding carboxylic acids is 1. The fourth-order valence-electron chi connectivity index (χ4n) is 3.48. The van der Waals surface area contributed by atoms with Crippen molar-refractivity contribution in [3.63, 3.8) is 0 Å². The van der Waals surface area contributed by atoms with Gasteiger partial charge in [-0.25, -0.2) is 4.98 Å². The van der Waals surface area contributed by atoms with Crippen LogP contribution >= 0.6 is 0 Å². The smallest absolute Gasteiger partial charge is 0.270 e. The minimum atomic E-state index is -1.20. The minimum Gasteiger partial charge on any atom is -0.384 e. The molecule has 1 unspecified atom stereocenters. The Morgan fingerprint density at radius 1 is 1.00 bits per heavy atom. The van der Waals surface area contributed by atoms with Crippen LogP contribution in [0.25, 0.3) is 16.8 Å². The Labute approximate surface area is 169 Å². The van der Waals surface area contributed by atoms with Crippen LogP contribution in [0.15, 0.2) is 79.0 Å². The Morgan fingerprint density at radius 3 is 2.38 bits per heavy atom. The average Bonchev–Trinajstić information content (AvgIpc) is 3.08. The quantitative estimate of drug-likeness (QED) is 0.547. The summed E-state index contributed by atoms with van der Waals surface area (Å²) < 4.78 is 1.76. The molecule has 0 radical (unpaired) electrons. The van der Waals surface area contributed by atoms with Crippen molar-refractivity contribution in [1.82, 2.24) is 14.7 Å². The first-order valence-corrected chi connectivity index (χ1v) is 9.56. The third kappa shape index (κ3) is 3.77. The molecular weight excluding hydrogens is 362 g/mol. The monoisotopic (exact) mass is 385 g/mol. The summed E-state index contributed by atoms with van der Waals surface area (Å²) in [5, 5.41) is 13.8. The molecule has 0 bridgehead atoms. The molecule has 0 aliphatic rings. The van der Waals surface area contributed by atoms with Gasteiger partial charge in [0.1, 0.15) is 16.9 Å². The number of benzene rings is 2. The van der Waals surface area contributed by atoms with Gasteiger partial charge in [0.2, 0.25) is 0 Å². The van der Waals surface area contributed by atoms with E-state index in [1.807, 2.05) is 85.9 Å². The molecule has 0 saturated heterocycles. The molecule has 0 fully saturated rings. The summed E-state index contributed by atoms with van der Waals surface area (Å²) in [6.07, 6.45) is 1.81. The number of hydrogen-bond acceptors (Lipinski definition) is 3. The van der Waals surface area contributed by atoms with Gasteiger partial charge >= 0.3 is 0 Å². The van der Waals surface area contributed by atoms with Gasteiger partial charge in [-0.3, -0.25) is 9.20 Å². The first kappa shape index (κ1) is 18.9. The van der Waals surface area contributed by atoms with Gasteiger partial charge in [-0.2, -0.15) is 0 Å². The maximum Gasteiger partial charge on any atom is 0.270 e. The van der Waals surface area contributed by atoms with E-state index in [1.54, 1.807) is 11.3 Å². The summed E-state index contributed by atoms with van der Waals surface area (Å²) in [7, 11) is 0. The van der Waals surface area contributed by atoms with Gasteiger partial charge in [0.25, 0.3) is 5.91 Å². The van der Waals surface area contributed by atoms with Crippen LogP contribution < -0.4 is 5.32 Å². The van der Waals surface area contributed by atoms with Gasteiger partial charge in [0.05, 0.1) is 12.2 Å². The van der Waals surface area contributed by atoms with Crippen LogP contribution in [-0.4, -0.2) is 26.9 Å². The van der Waals surface area contributed by atoms with Crippen LogP contribution in [0, 0.1) is 6.92 Å². The van der Waals surface area contributed by atoms with Gasteiger partial charge in [-0.15, -0.1) is 0 Å². The van der Waals surface area contributed by atoms with Crippen LogP contribution in [-0.2, 0) is 5.60 Å². The van der Waals surface area contributed by atoms with Crippen molar-refractivity contribution in [1.29, 1.82) is 0 Å². The summed E-state index contributed by atoms with van der Waals surface area (Å²) in [5.74, 6) is -0.262. The third-order valence-electron chi connectivity index (χ3n) is 5.13. The highest BCUT2D eigenvalue weighted by Crippen LogP contribution is 2.25. The van der Waals surface area contributed by atoms with E-state index in [0.717, 1.165) is 22.3 Å². The molecule has 1 amide bonds. The van der Waals surface area contributed by atoms with Crippen molar-refractivity contribution in [2.75, 3.05) is 6.54 Å². The Bertz CT molecular complexity index is 1150. The number of nitrogens with one attached hydrogen (secondary N) is 1. The summed E-state index contributed by atoms with van der Waals surface area (Å²) in [6, 6.07) is 23.4. The molecule has 4 aromatic rings. The second-order valence-electron chi connectivity index (χ2n) is 7.37. The van der Waals surface area contributed by atoms with Gasteiger partial charge in [-0.1, -0.05) is 60.7 Å². The number of fused-ring (bicyclic) bond motifs is 1. The van der Waals surface area contributed by atoms with Crippen molar-refractivity contribution >= 4 is 11.6 Å². The molecule has 2 aromatic carbocycles. The summed E-state index contributed by atoms with van der Waals surface area (Å²) in [5.41, 5.74) is 3.60. The van der Waals surface area contributed by atoms with Crippen LogP contribution in [0.5, 0.6) is 0 Å². The molecule has 5 nitrogen and oxygen atoms in total. The molecule has 5 heteroatoms. The molecule has 2 aromatic heterocycles. The van der Waals surface area contributed by atoms with Crippen molar-refractivity contribution in [3.05, 3.63) is 95.9 Å². The molecule has 2 heterocycles. The lowest BCUT2D eigenvalue weighted by molar-refractivity contribution is 0.0524. The predicted octanol–water partition coefficient (Wildman–Crippen LogP) is 3.95. The third-order valence-corrected chi connectivity index (χ3v) is 5.13. The second-order valence-corrected chi connectivity index (χ2v) is 7.37. The van der Waals surface area contributed by atoms with Gasteiger partial charge in [-0.05, 0) is 42.7 Å². The molecule has 4 rings (SSSR count). The zero-order valence-corrected chi connectivity index (χ0v) is 16.5. The number of rotatable bonds is 5. The van der Waals surface area contributed by atoms with E-state index in [0.29, 0.717) is 11.4 Å². The average molecular weight is 385 g/mol. The Balaban J connectivity index is 1.50. The van der Waals surface area contributed by atoms with E-state index in [-0.39, 0.29) is 12.5 Å². The number of imidazole rings is 1.